The summed E-state index contributed by atoms with van der Waals surface area (Å²) in [5.74, 6) is 0.156. The molecule has 6 heteroatoms. The number of aromatic nitrogens is 1. The second-order valence-corrected chi connectivity index (χ2v) is 4.33. The van der Waals surface area contributed by atoms with Crippen LogP contribution < -0.4 is 10.1 Å². The summed E-state index contributed by atoms with van der Waals surface area (Å²) in [6.07, 6.45) is 0. The van der Waals surface area contributed by atoms with Crippen molar-refractivity contribution in [3.8, 4) is 11.8 Å². The van der Waals surface area contributed by atoms with Crippen LogP contribution >= 0.6 is 11.6 Å². The molecule has 1 aromatic heterocycles. The zero-order valence-electron chi connectivity index (χ0n) is 10.7. The molecule has 20 heavy (non-hydrogen) atoms. The first-order valence-corrected chi connectivity index (χ1v) is 6.14. The summed E-state index contributed by atoms with van der Waals surface area (Å²) in [5.41, 5.74) is 0.951. The number of pyridine rings is 1. The molecule has 0 aliphatic rings. The van der Waals surface area contributed by atoms with E-state index in [0.29, 0.717) is 6.54 Å². The minimum Gasteiger partial charge on any atom is -0.497 e. The van der Waals surface area contributed by atoms with Crippen LogP contribution in [-0.2, 0) is 6.54 Å². The summed E-state index contributed by atoms with van der Waals surface area (Å²) in [4.78, 5) is 3.82. The van der Waals surface area contributed by atoms with Crippen LogP contribution in [0.5, 0.6) is 5.75 Å². The highest BCUT2D eigenvalue weighted by molar-refractivity contribution is 6.30. The van der Waals surface area contributed by atoms with Gasteiger partial charge < -0.3 is 10.1 Å². The number of nitrogens with one attached hydrogen (secondary N) is 1. The lowest BCUT2D eigenvalue weighted by molar-refractivity contribution is 0.414. The van der Waals surface area contributed by atoms with Gasteiger partial charge >= 0.3 is 0 Å². The number of hydrogen-bond acceptors (Lipinski definition) is 4. The third-order valence-electron chi connectivity index (χ3n) is 2.67. The molecule has 0 spiro atoms. The SMILES string of the molecule is COc1ccc(CNc2nc(Cl)c(C#N)cc2F)cc1. The number of nitrogens with zero attached hydrogens (tertiary/aromatic N) is 2. The molecule has 0 atom stereocenters. The van der Waals surface area contributed by atoms with Gasteiger partial charge in [0, 0.05) is 6.54 Å². The first-order chi connectivity index (χ1) is 9.63. The van der Waals surface area contributed by atoms with Crippen LogP contribution in [0.25, 0.3) is 0 Å². The average Bonchev–Trinajstić information content (AvgIpc) is 2.48. The van der Waals surface area contributed by atoms with Crippen molar-refractivity contribution in [3.05, 3.63) is 52.4 Å². The molecule has 0 aliphatic heterocycles. The van der Waals surface area contributed by atoms with Gasteiger partial charge in [-0.1, -0.05) is 23.7 Å². The number of rotatable bonds is 4. The summed E-state index contributed by atoms with van der Waals surface area (Å²) in [7, 11) is 1.59. The standard InChI is InChI=1S/C14H11ClFN3O/c1-20-11-4-2-9(3-5-11)8-18-14-12(16)6-10(7-17)13(15)19-14/h2-6H,8H2,1H3,(H,18,19). The summed E-state index contributed by atoms with van der Waals surface area (Å²) >= 11 is 5.77. The number of ether oxygens (including phenoxy) is 1. The van der Waals surface area contributed by atoms with Crippen molar-refractivity contribution in [3.63, 3.8) is 0 Å². The van der Waals surface area contributed by atoms with Gasteiger partial charge in [0.05, 0.1) is 12.7 Å². The third kappa shape index (κ3) is 3.16. The summed E-state index contributed by atoms with van der Waals surface area (Å²) < 4.78 is 18.7. The van der Waals surface area contributed by atoms with Crippen LogP contribution in [0.1, 0.15) is 11.1 Å². The largest absolute Gasteiger partial charge is 0.497 e. The Morgan fingerprint density at radius 3 is 2.70 bits per heavy atom. The molecule has 0 unspecified atom stereocenters. The normalized spacial score (nSPS) is 9.90. The first kappa shape index (κ1) is 14.1. The number of nitriles is 1. The summed E-state index contributed by atoms with van der Waals surface area (Å²) in [6.45, 7) is 0.385. The van der Waals surface area contributed by atoms with E-state index in [1.165, 1.54) is 0 Å². The molecule has 0 saturated heterocycles. The predicted octanol–water partition coefficient (Wildman–Crippen LogP) is 3.37. The maximum atomic E-state index is 13.7. The highest BCUT2D eigenvalue weighted by Gasteiger charge is 2.10. The topological polar surface area (TPSA) is 57.9 Å². The fourth-order valence-electron chi connectivity index (χ4n) is 1.60. The maximum absolute atomic E-state index is 13.7. The lowest BCUT2D eigenvalue weighted by Crippen LogP contribution is -2.04. The molecule has 0 amide bonds. The Morgan fingerprint density at radius 1 is 1.40 bits per heavy atom. The molecule has 0 saturated carbocycles. The van der Waals surface area contributed by atoms with Crippen LogP contribution in [0.2, 0.25) is 5.15 Å². The van der Waals surface area contributed by atoms with Crippen molar-refractivity contribution in [2.24, 2.45) is 0 Å². The molecule has 2 aromatic rings. The van der Waals surface area contributed by atoms with E-state index in [2.05, 4.69) is 10.3 Å². The molecule has 0 aliphatic carbocycles. The van der Waals surface area contributed by atoms with Gasteiger partial charge in [0.1, 0.15) is 17.0 Å². The van der Waals surface area contributed by atoms with E-state index < -0.39 is 5.82 Å². The molecule has 0 radical (unpaired) electrons. The second kappa shape index (κ2) is 6.22. The van der Waals surface area contributed by atoms with Gasteiger partial charge in [-0.3, -0.25) is 0 Å². The molecule has 0 fully saturated rings. The lowest BCUT2D eigenvalue weighted by atomic mass is 10.2. The zero-order valence-corrected chi connectivity index (χ0v) is 11.4. The molecule has 1 N–H and O–H groups in total. The van der Waals surface area contributed by atoms with E-state index in [1.807, 2.05) is 24.3 Å². The Balaban J connectivity index is 2.10. The van der Waals surface area contributed by atoms with Gasteiger partial charge in [0.15, 0.2) is 11.6 Å². The van der Waals surface area contributed by atoms with Crippen molar-refractivity contribution in [2.75, 3.05) is 12.4 Å². The number of anilines is 1. The Bertz CT molecular complexity index is 653. The highest BCUT2D eigenvalue weighted by Crippen LogP contribution is 2.20. The minimum atomic E-state index is -0.612. The Kier molecular flexibility index (Phi) is 4.38. The summed E-state index contributed by atoms with van der Waals surface area (Å²) in [6, 6.07) is 10.2. The van der Waals surface area contributed by atoms with Gasteiger partial charge in [0.2, 0.25) is 0 Å². The van der Waals surface area contributed by atoms with E-state index in [1.54, 1.807) is 13.2 Å². The van der Waals surface area contributed by atoms with Gasteiger partial charge in [-0.2, -0.15) is 5.26 Å². The van der Waals surface area contributed by atoms with Gasteiger partial charge in [-0.15, -0.1) is 0 Å². The molecule has 1 aromatic carbocycles. The molecular formula is C14H11ClFN3O. The molecular weight excluding hydrogens is 281 g/mol. The number of benzene rings is 1. The number of methoxy groups -OCH3 is 1. The number of hydrogen-bond donors (Lipinski definition) is 1. The molecule has 102 valence electrons. The highest BCUT2D eigenvalue weighted by atomic mass is 35.5. The number of halogens is 2. The van der Waals surface area contributed by atoms with Crippen LogP contribution in [-0.4, -0.2) is 12.1 Å². The van der Waals surface area contributed by atoms with Gasteiger partial charge in [0.25, 0.3) is 0 Å². The van der Waals surface area contributed by atoms with E-state index >= 15 is 0 Å². The van der Waals surface area contributed by atoms with Gasteiger partial charge in [-0.25, -0.2) is 9.37 Å². The van der Waals surface area contributed by atoms with Crippen LogP contribution in [0.15, 0.2) is 30.3 Å². The molecule has 2 rings (SSSR count). The Morgan fingerprint density at radius 2 is 2.10 bits per heavy atom. The summed E-state index contributed by atoms with van der Waals surface area (Å²) in [5, 5.41) is 11.5. The zero-order chi connectivity index (χ0) is 14.5. The van der Waals surface area contributed by atoms with Crippen LogP contribution in [0.4, 0.5) is 10.2 Å². The van der Waals surface area contributed by atoms with Gasteiger partial charge in [-0.05, 0) is 23.8 Å². The van der Waals surface area contributed by atoms with Crippen molar-refractivity contribution < 1.29 is 9.13 Å². The monoisotopic (exact) mass is 291 g/mol. The third-order valence-corrected chi connectivity index (χ3v) is 2.96. The smallest absolute Gasteiger partial charge is 0.166 e. The van der Waals surface area contributed by atoms with Crippen molar-refractivity contribution >= 4 is 17.4 Å². The first-order valence-electron chi connectivity index (χ1n) is 5.77. The minimum absolute atomic E-state index is 0.0131. The average molecular weight is 292 g/mol. The molecule has 4 nitrogen and oxygen atoms in total. The lowest BCUT2D eigenvalue weighted by Gasteiger charge is -2.08. The fraction of sp³-hybridized carbons (Fsp3) is 0.143. The molecule has 0 bridgehead atoms. The molecule has 1 heterocycles. The quantitative estimate of drug-likeness (QED) is 0.878. The fourth-order valence-corrected chi connectivity index (χ4v) is 1.78. The van der Waals surface area contributed by atoms with Crippen LogP contribution in [0, 0.1) is 17.1 Å². The van der Waals surface area contributed by atoms with Crippen molar-refractivity contribution in [1.29, 1.82) is 5.26 Å². The maximum Gasteiger partial charge on any atom is 0.166 e. The van der Waals surface area contributed by atoms with Crippen molar-refractivity contribution in [2.45, 2.75) is 6.54 Å². The second-order valence-electron chi connectivity index (χ2n) is 3.97. The Hall–Kier alpha value is -2.32. The van der Waals surface area contributed by atoms with Crippen LogP contribution in [0.3, 0.4) is 0 Å². The van der Waals surface area contributed by atoms with E-state index in [-0.39, 0.29) is 16.5 Å². The Labute approximate surface area is 120 Å². The van der Waals surface area contributed by atoms with E-state index in [4.69, 9.17) is 21.6 Å². The van der Waals surface area contributed by atoms with E-state index in [9.17, 15) is 4.39 Å². The van der Waals surface area contributed by atoms with Crippen molar-refractivity contribution in [1.82, 2.24) is 4.98 Å². The van der Waals surface area contributed by atoms with E-state index in [0.717, 1.165) is 17.4 Å². The predicted molar refractivity (Wildman–Crippen MR) is 74.2 cm³/mol.